The van der Waals surface area contributed by atoms with E-state index in [1.165, 1.54) is 0 Å². The number of aromatic amines is 1. The molecule has 4 heteroatoms. The fourth-order valence-corrected chi connectivity index (χ4v) is 2.24. The molecule has 112 valence electrons. The molecular weight excluding hydrogens is 264 g/mol. The van der Waals surface area contributed by atoms with Crippen molar-refractivity contribution in [1.82, 2.24) is 10.3 Å². The first kappa shape index (κ1) is 15.3. The Hall–Kier alpha value is -2.10. The van der Waals surface area contributed by atoms with Crippen LogP contribution in [0, 0.1) is 6.92 Å². The molecule has 1 amide bonds. The van der Waals surface area contributed by atoms with Crippen LogP contribution < -0.4 is 10.9 Å². The highest BCUT2D eigenvalue weighted by Crippen LogP contribution is 2.13. The summed E-state index contributed by atoms with van der Waals surface area (Å²) in [6.45, 7) is 5.99. The van der Waals surface area contributed by atoms with E-state index in [-0.39, 0.29) is 17.5 Å². The fraction of sp³-hybridized carbons (Fsp3) is 0.412. The Morgan fingerprint density at radius 1 is 1.33 bits per heavy atom. The number of rotatable bonds is 5. The van der Waals surface area contributed by atoms with Gasteiger partial charge in [0.25, 0.3) is 5.56 Å². The van der Waals surface area contributed by atoms with E-state index in [0.717, 1.165) is 22.9 Å². The number of nitrogens with one attached hydrogen (secondary N) is 2. The van der Waals surface area contributed by atoms with Crippen molar-refractivity contribution < 1.29 is 4.79 Å². The number of hydrogen-bond acceptors (Lipinski definition) is 2. The maximum Gasteiger partial charge on any atom is 0.251 e. The molecule has 0 saturated carbocycles. The minimum Gasteiger partial charge on any atom is -0.354 e. The van der Waals surface area contributed by atoms with Gasteiger partial charge in [-0.2, -0.15) is 0 Å². The van der Waals surface area contributed by atoms with Gasteiger partial charge in [-0.15, -0.1) is 0 Å². The molecule has 1 heterocycles. The molecule has 0 unspecified atom stereocenters. The molecule has 2 rings (SSSR count). The van der Waals surface area contributed by atoms with Crippen LogP contribution in [0.15, 0.2) is 29.1 Å². The number of amides is 1. The molecule has 1 atom stereocenters. The van der Waals surface area contributed by atoms with Crippen LogP contribution in [0.1, 0.15) is 37.8 Å². The molecule has 2 N–H and O–H groups in total. The van der Waals surface area contributed by atoms with Crippen molar-refractivity contribution in [3.8, 4) is 0 Å². The zero-order valence-electron chi connectivity index (χ0n) is 12.8. The lowest BCUT2D eigenvalue weighted by molar-refractivity contribution is -0.121. The summed E-state index contributed by atoms with van der Waals surface area (Å²) in [5.74, 6) is -0.00671. The third-order valence-corrected chi connectivity index (χ3v) is 3.72. The van der Waals surface area contributed by atoms with E-state index >= 15 is 0 Å². The molecule has 0 spiro atoms. The maximum absolute atomic E-state index is 12.0. The molecule has 21 heavy (non-hydrogen) atoms. The van der Waals surface area contributed by atoms with Gasteiger partial charge in [0.1, 0.15) is 0 Å². The molecule has 1 aromatic carbocycles. The molecule has 1 aromatic heterocycles. The van der Waals surface area contributed by atoms with Crippen LogP contribution in [0.3, 0.4) is 0 Å². The van der Waals surface area contributed by atoms with Gasteiger partial charge in [-0.25, -0.2) is 0 Å². The van der Waals surface area contributed by atoms with Crippen LogP contribution in [0.25, 0.3) is 10.9 Å². The summed E-state index contributed by atoms with van der Waals surface area (Å²) < 4.78 is 0. The van der Waals surface area contributed by atoms with Gasteiger partial charge in [-0.05, 0) is 49.8 Å². The number of H-pyrrole nitrogens is 1. The second-order valence-corrected chi connectivity index (χ2v) is 5.59. The van der Waals surface area contributed by atoms with Crippen molar-refractivity contribution in [1.29, 1.82) is 0 Å². The average molecular weight is 286 g/mol. The standard InChI is InChI=1S/C17H22N2O2/c1-4-12(3)18-16(20)8-7-14-10-13-6-5-11(2)9-15(13)19-17(14)21/h5-6,9-10,12H,4,7-8H2,1-3H3,(H,18,20)(H,19,21)/t12-/m0/s1. The van der Waals surface area contributed by atoms with E-state index in [2.05, 4.69) is 10.3 Å². The number of aryl methyl sites for hydroxylation is 2. The highest BCUT2D eigenvalue weighted by atomic mass is 16.1. The van der Waals surface area contributed by atoms with Crippen molar-refractivity contribution in [2.45, 2.75) is 46.1 Å². The Labute approximate surface area is 124 Å². The molecule has 4 nitrogen and oxygen atoms in total. The van der Waals surface area contributed by atoms with Crippen molar-refractivity contribution in [3.63, 3.8) is 0 Å². The number of aromatic nitrogens is 1. The van der Waals surface area contributed by atoms with Gasteiger partial charge in [0.2, 0.25) is 5.91 Å². The number of carbonyl (C=O) groups excluding carboxylic acids is 1. The van der Waals surface area contributed by atoms with Crippen molar-refractivity contribution in [2.75, 3.05) is 0 Å². The minimum absolute atomic E-state index is 0.00671. The molecule has 0 aliphatic heterocycles. The summed E-state index contributed by atoms with van der Waals surface area (Å²) >= 11 is 0. The topological polar surface area (TPSA) is 62.0 Å². The third kappa shape index (κ3) is 3.94. The van der Waals surface area contributed by atoms with E-state index in [1.54, 1.807) is 0 Å². The quantitative estimate of drug-likeness (QED) is 0.887. The van der Waals surface area contributed by atoms with Gasteiger partial charge in [0.05, 0.1) is 0 Å². The molecule has 0 saturated heterocycles. The molecule has 0 bridgehead atoms. The molecule has 2 aromatic rings. The maximum atomic E-state index is 12.0. The number of fused-ring (bicyclic) bond motifs is 1. The molecular formula is C17H22N2O2. The summed E-state index contributed by atoms with van der Waals surface area (Å²) in [5, 5.41) is 3.91. The normalized spacial score (nSPS) is 12.3. The lowest BCUT2D eigenvalue weighted by Gasteiger charge is -2.11. The summed E-state index contributed by atoms with van der Waals surface area (Å²) in [5.41, 5.74) is 2.50. The molecule has 0 radical (unpaired) electrons. The second-order valence-electron chi connectivity index (χ2n) is 5.59. The zero-order valence-corrected chi connectivity index (χ0v) is 12.8. The van der Waals surface area contributed by atoms with E-state index in [9.17, 15) is 9.59 Å². The Morgan fingerprint density at radius 2 is 2.10 bits per heavy atom. The largest absolute Gasteiger partial charge is 0.354 e. The van der Waals surface area contributed by atoms with Gasteiger partial charge < -0.3 is 10.3 Å². The van der Waals surface area contributed by atoms with E-state index in [0.29, 0.717) is 18.4 Å². The second kappa shape index (κ2) is 6.57. The highest BCUT2D eigenvalue weighted by molar-refractivity contribution is 5.80. The summed E-state index contributed by atoms with van der Waals surface area (Å²) in [4.78, 5) is 26.7. The van der Waals surface area contributed by atoms with E-state index < -0.39 is 0 Å². The monoisotopic (exact) mass is 286 g/mol. The number of pyridine rings is 1. The van der Waals surface area contributed by atoms with Crippen molar-refractivity contribution in [2.24, 2.45) is 0 Å². The Morgan fingerprint density at radius 3 is 2.81 bits per heavy atom. The van der Waals surface area contributed by atoms with Crippen LogP contribution in [0.2, 0.25) is 0 Å². The number of carbonyl (C=O) groups is 1. The smallest absolute Gasteiger partial charge is 0.251 e. The Bertz CT molecular complexity index is 703. The first-order valence-electron chi connectivity index (χ1n) is 7.41. The van der Waals surface area contributed by atoms with Crippen LogP contribution in [-0.2, 0) is 11.2 Å². The van der Waals surface area contributed by atoms with Crippen LogP contribution in [0.5, 0.6) is 0 Å². The highest BCUT2D eigenvalue weighted by Gasteiger charge is 2.08. The Kier molecular flexibility index (Phi) is 4.78. The van der Waals surface area contributed by atoms with Gasteiger partial charge in [-0.1, -0.05) is 19.1 Å². The van der Waals surface area contributed by atoms with Crippen LogP contribution >= 0.6 is 0 Å². The lowest BCUT2D eigenvalue weighted by Crippen LogP contribution is -2.32. The zero-order chi connectivity index (χ0) is 15.4. The van der Waals surface area contributed by atoms with E-state index in [4.69, 9.17) is 0 Å². The molecule has 0 aliphatic carbocycles. The third-order valence-electron chi connectivity index (χ3n) is 3.72. The fourth-order valence-electron chi connectivity index (χ4n) is 2.24. The first-order valence-corrected chi connectivity index (χ1v) is 7.41. The Balaban J connectivity index is 2.12. The van der Waals surface area contributed by atoms with Gasteiger partial charge >= 0.3 is 0 Å². The van der Waals surface area contributed by atoms with E-state index in [1.807, 2.05) is 45.0 Å². The predicted molar refractivity (Wildman–Crippen MR) is 85.5 cm³/mol. The van der Waals surface area contributed by atoms with Crippen molar-refractivity contribution in [3.05, 3.63) is 45.7 Å². The summed E-state index contributed by atoms with van der Waals surface area (Å²) in [7, 11) is 0. The molecule has 0 aliphatic rings. The predicted octanol–water partition coefficient (Wildman–Crippen LogP) is 2.68. The summed E-state index contributed by atoms with van der Waals surface area (Å²) in [6.07, 6.45) is 1.70. The van der Waals surface area contributed by atoms with Gasteiger partial charge in [0.15, 0.2) is 0 Å². The minimum atomic E-state index is -0.107. The van der Waals surface area contributed by atoms with Crippen molar-refractivity contribution >= 4 is 16.8 Å². The average Bonchev–Trinajstić information content (AvgIpc) is 2.44. The SMILES string of the molecule is CC[C@H](C)NC(=O)CCc1cc2ccc(C)cc2[nH]c1=O. The number of benzene rings is 1. The summed E-state index contributed by atoms with van der Waals surface area (Å²) in [6, 6.07) is 8.01. The van der Waals surface area contributed by atoms with Gasteiger partial charge in [0, 0.05) is 23.5 Å². The van der Waals surface area contributed by atoms with Crippen LogP contribution in [0.4, 0.5) is 0 Å². The van der Waals surface area contributed by atoms with Gasteiger partial charge in [-0.3, -0.25) is 9.59 Å². The number of hydrogen-bond donors (Lipinski definition) is 2. The molecule has 0 fully saturated rings. The lowest BCUT2D eigenvalue weighted by atomic mass is 10.1. The first-order chi connectivity index (χ1) is 9.99. The van der Waals surface area contributed by atoms with Crippen LogP contribution in [-0.4, -0.2) is 16.9 Å².